The molecule has 1 aromatic carbocycles. The molecule has 1 atom stereocenters. The van der Waals surface area contributed by atoms with E-state index < -0.39 is 23.7 Å². The fourth-order valence-corrected chi connectivity index (χ4v) is 1.43. The van der Waals surface area contributed by atoms with Crippen molar-refractivity contribution in [1.82, 2.24) is 5.32 Å². The quantitative estimate of drug-likeness (QED) is 0.870. The summed E-state index contributed by atoms with van der Waals surface area (Å²) in [5, 5.41) is 2.45. The van der Waals surface area contributed by atoms with Gasteiger partial charge in [0.05, 0.1) is 12.2 Å². The second-order valence-corrected chi connectivity index (χ2v) is 3.98. The molecule has 1 rings (SSSR count). The summed E-state index contributed by atoms with van der Waals surface area (Å²) in [6.45, 7) is 0.0363. The fourth-order valence-electron chi connectivity index (χ4n) is 1.43. The Kier molecular flexibility index (Phi) is 7.55. The van der Waals surface area contributed by atoms with Crippen molar-refractivity contribution >= 4 is 18.3 Å². The van der Waals surface area contributed by atoms with Crippen LogP contribution in [-0.2, 0) is 22.3 Å². The SMILES string of the molecule is COCC(N)C(=O)NCc1cccc(C(F)(F)F)c1.Cl. The molecule has 0 saturated heterocycles. The van der Waals surface area contributed by atoms with Crippen molar-refractivity contribution in [3.8, 4) is 0 Å². The van der Waals surface area contributed by atoms with Crippen LogP contribution in [0.3, 0.4) is 0 Å². The van der Waals surface area contributed by atoms with Crippen LogP contribution in [0, 0.1) is 0 Å². The molecule has 0 aliphatic carbocycles. The Bertz CT molecular complexity index is 441. The number of halogens is 4. The van der Waals surface area contributed by atoms with E-state index in [0.717, 1.165) is 12.1 Å². The summed E-state index contributed by atoms with van der Waals surface area (Å²) in [4.78, 5) is 11.4. The smallest absolute Gasteiger partial charge is 0.383 e. The maximum atomic E-state index is 12.5. The van der Waals surface area contributed by atoms with Gasteiger partial charge in [-0.15, -0.1) is 12.4 Å². The zero-order valence-electron chi connectivity index (χ0n) is 10.7. The van der Waals surface area contributed by atoms with Crippen molar-refractivity contribution in [1.29, 1.82) is 0 Å². The monoisotopic (exact) mass is 312 g/mol. The van der Waals surface area contributed by atoms with E-state index in [1.807, 2.05) is 0 Å². The van der Waals surface area contributed by atoms with Crippen LogP contribution in [-0.4, -0.2) is 25.7 Å². The number of carbonyl (C=O) groups is 1. The first-order valence-corrected chi connectivity index (χ1v) is 5.53. The Balaban J connectivity index is 0.00000361. The van der Waals surface area contributed by atoms with E-state index in [1.54, 1.807) is 0 Å². The van der Waals surface area contributed by atoms with Gasteiger partial charge in [-0.25, -0.2) is 0 Å². The van der Waals surface area contributed by atoms with Crippen molar-refractivity contribution in [2.45, 2.75) is 18.8 Å². The number of benzene rings is 1. The number of hydrogen-bond acceptors (Lipinski definition) is 3. The third-order valence-electron chi connectivity index (χ3n) is 2.40. The van der Waals surface area contributed by atoms with Crippen LogP contribution in [0.4, 0.5) is 13.2 Å². The third kappa shape index (κ3) is 5.77. The van der Waals surface area contributed by atoms with Crippen LogP contribution in [0.25, 0.3) is 0 Å². The number of amides is 1. The van der Waals surface area contributed by atoms with Gasteiger partial charge in [0.1, 0.15) is 6.04 Å². The zero-order valence-corrected chi connectivity index (χ0v) is 11.6. The number of nitrogens with one attached hydrogen (secondary N) is 1. The van der Waals surface area contributed by atoms with Gasteiger partial charge < -0.3 is 15.8 Å². The number of methoxy groups -OCH3 is 1. The summed E-state index contributed by atoms with van der Waals surface area (Å²) in [5.74, 6) is -0.473. The van der Waals surface area contributed by atoms with E-state index >= 15 is 0 Å². The lowest BCUT2D eigenvalue weighted by molar-refractivity contribution is -0.137. The number of nitrogens with two attached hydrogens (primary N) is 1. The lowest BCUT2D eigenvalue weighted by Crippen LogP contribution is -2.43. The van der Waals surface area contributed by atoms with Gasteiger partial charge in [0.15, 0.2) is 0 Å². The number of carbonyl (C=O) groups excluding carboxylic acids is 1. The molecule has 0 aliphatic heterocycles. The highest BCUT2D eigenvalue weighted by molar-refractivity contribution is 5.85. The molecule has 4 nitrogen and oxygen atoms in total. The maximum absolute atomic E-state index is 12.5. The minimum atomic E-state index is -4.40. The van der Waals surface area contributed by atoms with Gasteiger partial charge >= 0.3 is 6.18 Å². The standard InChI is InChI=1S/C12H15F3N2O2.ClH/c1-19-7-10(16)11(18)17-6-8-3-2-4-9(5-8)12(13,14)15;/h2-5,10H,6-7,16H2,1H3,(H,17,18);1H. The van der Waals surface area contributed by atoms with Gasteiger partial charge in [-0.05, 0) is 17.7 Å². The molecule has 0 fully saturated rings. The molecular formula is C12H16ClF3N2O2. The summed E-state index contributed by atoms with van der Waals surface area (Å²) < 4.78 is 42.1. The number of alkyl halides is 3. The molecule has 20 heavy (non-hydrogen) atoms. The molecule has 0 spiro atoms. The number of hydrogen-bond donors (Lipinski definition) is 2. The predicted molar refractivity (Wildman–Crippen MR) is 70.4 cm³/mol. The minimum Gasteiger partial charge on any atom is -0.383 e. The molecule has 8 heteroatoms. The van der Waals surface area contributed by atoms with E-state index in [1.165, 1.54) is 19.2 Å². The lowest BCUT2D eigenvalue weighted by Gasteiger charge is -2.12. The summed E-state index contributed by atoms with van der Waals surface area (Å²) >= 11 is 0. The van der Waals surface area contributed by atoms with Gasteiger partial charge in [0, 0.05) is 13.7 Å². The normalized spacial score (nSPS) is 12.4. The average Bonchev–Trinajstić information content (AvgIpc) is 2.35. The molecule has 0 aromatic heterocycles. The first kappa shape index (κ1) is 18.7. The zero-order chi connectivity index (χ0) is 14.5. The van der Waals surface area contributed by atoms with Gasteiger partial charge in [-0.3, -0.25) is 4.79 Å². The molecule has 3 N–H and O–H groups in total. The van der Waals surface area contributed by atoms with Crippen LogP contribution in [0.2, 0.25) is 0 Å². The van der Waals surface area contributed by atoms with Crippen LogP contribution in [0.15, 0.2) is 24.3 Å². The summed E-state index contributed by atoms with van der Waals surface area (Å²) in [5.41, 5.74) is 5.08. The highest BCUT2D eigenvalue weighted by Gasteiger charge is 2.30. The molecule has 0 aliphatic rings. The summed E-state index contributed by atoms with van der Waals surface area (Å²) in [6.07, 6.45) is -4.40. The fraction of sp³-hybridized carbons (Fsp3) is 0.417. The molecular weight excluding hydrogens is 297 g/mol. The number of rotatable bonds is 5. The first-order valence-electron chi connectivity index (χ1n) is 5.53. The highest BCUT2D eigenvalue weighted by atomic mass is 35.5. The van der Waals surface area contributed by atoms with E-state index in [-0.39, 0.29) is 25.6 Å². The predicted octanol–water partition coefficient (Wildman–Crippen LogP) is 1.72. The van der Waals surface area contributed by atoms with Crippen molar-refractivity contribution in [2.24, 2.45) is 5.73 Å². The molecule has 1 aromatic rings. The lowest BCUT2D eigenvalue weighted by atomic mass is 10.1. The topological polar surface area (TPSA) is 64.3 Å². The molecule has 1 unspecified atom stereocenters. The molecule has 0 saturated carbocycles. The largest absolute Gasteiger partial charge is 0.416 e. The summed E-state index contributed by atoms with van der Waals surface area (Å²) in [7, 11) is 1.40. The summed E-state index contributed by atoms with van der Waals surface area (Å²) in [6, 6.07) is 3.91. The second-order valence-electron chi connectivity index (χ2n) is 3.98. The average molecular weight is 313 g/mol. The maximum Gasteiger partial charge on any atom is 0.416 e. The van der Waals surface area contributed by atoms with Crippen LogP contribution >= 0.6 is 12.4 Å². The van der Waals surface area contributed by atoms with E-state index in [9.17, 15) is 18.0 Å². The Hall–Kier alpha value is -1.31. The van der Waals surface area contributed by atoms with Crippen LogP contribution in [0.1, 0.15) is 11.1 Å². The molecule has 114 valence electrons. The third-order valence-corrected chi connectivity index (χ3v) is 2.40. The Morgan fingerprint density at radius 2 is 2.10 bits per heavy atom. The van der Waals surface area contributed by atoms with E-state index in [2.05, 4.69) is 5.32 Å². The molecule has 0 radical (unpaired) electrons. The van der Waals surface area contributed by atoms with Crippen molar-refractivity contribution in [3.63, 3.8) is 0 Å². The molecule has 0 bridgehead atoms. The van der Waals surface area contributed by atoms with Gasteiger partial charge in [0.2, 0.25) is 5.91 Å². The van der Waals surface area contributed by atoms with Crippen molar-refractivity contribution < 1.29 is 22.7 Å². The van der Waals surface area contributed by atoms with Crippen LogP contribution < -0.4 is 11.1 Å². The highest BCUT2D eigenvalue weighted by Crippen LogP contribution is 2.29. The Morgan fingerprint density at radius 1 is 1.45 bits per heavy atom. The van der Waals surface area contributed by atoms with Crippen molar-refractivity contribution in [2.75, 3.05) is 13.7 Å². The molecule has 1 amide bonds. The van der Waals surface area contributed by atoms with E-state index in [4.69, 9.17) is 10.5 Å². The Labute approximate surface area is 120 Å². The second kappa shape index (κ2) is 8.08. The van der Waals surface area contributed by atoms with Crippen LogP contribution in [0.5, 0.6) is 0 Å². The first-order chi connectivity index (χ1) is 8.84. The molecule has 0 heterocycles. The van der Waals surface area contributed by atoms with Crippen molar-refractivity contribution in [3.05, 3.63) is 35.4 Å². The number of ether oxygens (including phenoxy) is 1. The van der Waals surface area contributed by atoms with Gasteiger partial charge in [0.25, 0.3) is 0 Å². The minimum absolute atomic E-state index is 0. The Morgan fingerprint density at radius 3 is 2.65 bits per heavy atom. The van der Waals surface area contributed by atoms with Gasteiger partial charge in [-0.2, -0.15) is 13.2 Å². The van der Waals surface area contributed by atoms with Gasteiger partial charge in [-0.1, -0.05) is 12.1 Å². The van der Waals surface area contributed by atoms with E-state index in [0.29, 0.717) is 5.56 Å².